The van der Waals surface area contributed by atoms with Crippen LogP contribution in [-0.2, 0) is 16.6 Å². The third-order valence-electron chi connectivity index (χ3n) is 2.59. The third kappa shape index (κ3) is 2.28. The molecule has 3 N–H and O–H groups in total. The maximum absolute atomic E-state index is 11.4. The predicted molar refractivity (Wildman–Crippen MR) is 64.9 cm³/mol. The van der Waals surface area contributed by atoms with E-state index in [1.54, 1.807) is 6.07 Å². The molecule has 0 saturated carbocycles. The molecule has 0 aliphatic carbocycles. The van der Waals surface area contributed by atoms with Crippen LogP contribution in [0.25, 0.3) is 0 Å². The zero-order chi connectivity index (χ0) is 11.6. The molecule has 6 heteroatoms. The van der Waals surface area contributed by atoms with E-state index in [1.807, 2.05) is 12.1 Å². The number of hydrogen-bond acceptors (Lipinski definition) is 3. The molecule has 0 bridgehead atoms. The molecule has 1 aromatic carbocycles. The quantitative estimate of drug-likeness (QED) is 0.737. The van der Waals surface area contributed by atoms with E-state index < -0.39 is 10.2 Å². The molecule has 16 heavy (non-hydrogen) atoms. The average Bonchev–Trinajstić information content (AvgIpc) is 2.29. The van der Waals surface area contributed by atoms with Crippen LogP contribution in [-0.4, -0.2) is 22.0 Å². The van der Waals surface area contributed by atoms with Gasteiger partial charge in [0, 0.05) is 13.6 Å². The summed E-state index contributed by atoms with van der Waals surface area (Å²) in [6.07, 6.45) is 2.06. The molecule has 0 saturated heterocycles. The molecule has 0 aromatic heterocycles. The van der Waals surface area contributed by atoms with Crippen LogP contribution < -0.4 is 14.8 Å². The van der Waals surface area contributed by atoms with Gasteiger partial charge in [-0.05, 0) is 24.5 Å². The summed E-state index contributed by atoms with van der Waals surface area (Å²) >= 11 is 0. The summed E-state index contributed by atoms with van der Waals surface area (Å²) in [5, 5.41) is 3.22. The first kappa shape index (κ1) is 11.2. The van der Waals surface area contributed by atoms with Crippen LogP contribution >= 0.6 is 0 Å². The van der Waals surface area contributed by atoms with Crippen molar-refractivity contribution in [2.45, 2.75) is 12.8 Å². The van der Waals surface area contributed by atoms with E-state index in [2.05, 4.69) is 14.8 Å². The van der Waals surface area contributed by atoms with Gasteiger partial charge in [-0.3, -0.25) is 4.72 Å². The number of fused-ring (bicyclic) bond motifs is 1. The van der Waals surface area contributed by atoms with Gasteiger partial charge in [0.1, 0.15) is 0 Å². The zero-order valence-corrected chi connectivity index (χ0v) is 9.89. The van der Waals surface area contributed by atoms with Crippen molar-refractivity contribution in [1.29, 1.82) is 0 Å². The van der Waals surface area contributed by atoms with E-state index in [1.165, 1.54) is 7.05 Å². The van der Waals surface area contributed by atoms with Crippen molar-refractivity contribution in [2.24, 2.45) is 0 Å². The average molecular weight is 241 g/mol. The Labute approximate surface area is 95.4 Å². The first-order valence-electron chi connectivity index (χ1n) is 5.19. The van der Waals surface area contributed by atoms with Gasteiger partial charge in [0.25, 0.3) is 10.2 Å². The molecular formula is C10H15N3O2S. The molecule has 1 aromatic rings. The minimum absolute atomic E-state index is 0.603. The van der Waals surface area contributed by atoms with E-state index in [0.29, 0.717) is 5.69 Å². The summed E-state index contributed by atoms with van der Waals surface area (Å²) in [7, 11) is -2.07. The summed E-state index contributed by atoms with van der Waals surface area (Å²) in [6, 6.07) is 5.63. The first-order chi connectivity index (χ1) is 7.62. The Bertz CT molecular complexity index is 485. The Morgan fingerprint density at radius 2 is 2.19 bits per heavy atom. The molecule has 0 spiro atoms. The lowest BCUT2D eigenvalue weighted by atomic mass is 10.0. The molecule has 2 rings (SSSR count). The Hall–Kier alpha value is -1.27. The van der Waals surface area contributed by atoms with Gasteiger partial charge in [0.05, 0.1) is 11.4 Å². The number of hydrogen-bond donors (Lipinski definition) is 3. The van der Waals surface area contributed by atoms with E-state index in [9.17, 15) is 8.42 Å². The second-order valence-electron chi connectivity index (χ2n) is 3.68. The normalized spacial score (nSPS) is 15.1. The highest BCUT2D eigenvalue weighted by atomic mass is 32.2. The maximum Gasteiger partial charge on any atom is 0.298 e. The van der Waals surface area contributed by atoms with Crippen LogP contribution in [0.1, 0.15) is 12.0 Å². The highest BCUT2D eigenvalue weighted by Gasteiger charge is 2.15. The fraction of sp³-hybridized carbons (Fsp3) is 0.400. The maximum atomic E-state index is 11.4. The van der Waals surface area contributed by atoms with Crippen molar-refractivity contribution in [1.82, 2.24) is 4.72 Å². The van der Waals surface area contributed by atoms with Gasteiger partial charge in [0.2, 0.25) is 0 Å². The zero-order valence-electron chi connectivity index (χ0n) is 9.08. The largest absolute Gasteiger partial charge is 0.383 e. The lowest BCUT2D eigenvalue weighted by Crippen LogP contribution is -2.27. The van der Waals surface area contributed by atoms with Crippen molar-refractivity contribution >= 4 is 21.6 Å². The Morgan fingerprint density at radius 3 is 2.94 bits per heavy atom. The molecule has 0 unspecified atom stereocenters. The Morgan fingerprint density at radius 1 is 1.38 bits per heavy atom. The van der Waals surface area contributed by atoms with E-state index in [0.717, 1.165) is 30.6 Å². The van der Waals surface area contributed by atoms with Gasteiger partial charge in [-0.15, -0.1) is 0 Å². The van der Waals surface area contributed by atoms with Crippen molar-refractivity contribution in [3.05, 3.63) is 23.8 Å². The van der Waals surface area contributed by atoms with Gasteiger partial charge in [-0.1, -0.05) is 12.1 Å². The van der Waals surface area contributed by atoms with Crippen LogP contribution in [0.2, 0.25) is 0 Å². The summed E-state index contributed by atoms with van der Waals surface area (Å²) < 4.78 is 27.5. The lowest BCUT2D eigenvalue weighted by molar-refractivity contribution is 0.593. The van der Waals surface area contributed by atoms with Gasteiger partial charge in [-0.25, -0.2) is 4.72 Å². The molecule has 0 fully saturated rings. The second kappa shape index (κ2) is 4.31. The second-order valence-corrected chi connectivity index (χ2v) is 5.30. The van der Waals surface area contributed by atoms with Crippen molar-refractivity contribution < 1.29 is 8.42 Å². The van der Waals surface area contributed by atoms with Gasteiger partial charge >= 0.3 is 0 Å². The minimum atomic E-state index is -3.45. The van der Waals surface area contributed by atoms with Crippen molar-refractivity contribution in [2.75, 3.05) is 23.6 Å². The van der Waals surface area contributed by atoms with Gasteiger partial charge < -0.3 is 5.32 Å². The van der Waals surface area contributed by atoms with Crippen LogP contribution in [0.5, 0.6) is 0 Å². The molecule has 1 aliphatic heterocycles. The number of benzene rings is 1. The standard InChI is InChI=1S/C10H15N3O2S/c1-11-16(14,15)13-9-6-2-4-8-5-3-7-12-10(8)9/h2,4,6,11-13H,3,5,7H2,1H3. The van der Waals surface area contributed by atoms with Crippen LogP contribution in [0.3, 0.4) is 0 Å². The molecule has 0 atom stereocenters. The van der Waals surface area contributed by atoms with E-state index in [4.69, 9.17) is 0 Å². The Kier molecular flexibility index (Phi) is 3.02. The summed E-state index contributed by atoms with van der Waals surface area (Å²) in [6.45, 7) is 0.880. The topological polar surface area (TPSA) is 70.2 Å². The molecule has 5 nitrogen and oxygen atoms in total. The van der Waals surface area contributed by atoms with Gasteiger partial charge in [0.15, 0.2) is 0 Å². The molecule has 88 valence electrons. The summed E-state index contributed by atoms with van der Waals surface area (Å²) in [5.41, 5.74) is 2.65. The van der Waals surface area contributed by atoms with Crippen molar-refractivity contribution in [3.63, 3.8) is 0 Å². The smallest absolute Gasteiger partial charge is 0.298 e. The molecule has 0 radical (unpaired) electrons. The first-order valence-corrected chi connectivity index (χ1v) is 6.68. The van der Waals surface area contributed by atoms with Crippen molar-refractivity contribution in [3.8, 4) is 0 Å². The fourth-order valence-corrected chi connectivity index (χ4v) is 2.35. The number of para-hydroxylation sites is 1. The molecule has 1 heterocycles. The van der Waals surface area contributed by atoms with Gasteiger partial charge in [-0.2, -0.15) is 8.42 Å². The minimum Gasteiger partial charge on any atom is -0.383 e. The summed E-state index contributed by atoms with van der Waals surface area (Å²) in [4.78, 5) is 0. The number of nitrogens with one attached hydrogen (secondary N) is 3. The number of anilines is 2. The predicted octanol–water partition coefficient (Wildman–Crippen LogP) is 0.921. The van der Waals surface area contributed by atoms with Crippen LogP contribution in [0, 0.1) is 0 Å². The lowest BCUT2D eigenvalue weighted by Gasteiger charge is -2.21. The SMILES string of the molecule is CNS(=O)(=O)Nc1cccc2c1NCCC2. The Balaban J connectivity index is 2.35. The molecule has 0 amide bonds. The molecule has 1 aliphatic rings. The number of rotatable bonds is 3. The monoisotopic (exact) mass is 241 g/mol. The highest BCUT2D eigenvalue weighted by molar-refractivity contribution is 7.90. The van der Waals surface area contributed by atoms with Crippen LogP contribution in [0.4, 0.5) is 11.4 Å². The van der Waals surface area contributed by atoms with E-state index >= 15 is 0 Å². The fourth-order valence-electron chi connectivity index (χ4n) is 1.79. The highest BCUT2D eigenvalue weighted by Crippen LogP contribution is 2.30. The van der Waals surface area contributed by atoms with E-state index in [-0.39, 0.29) is 0 Å². The number of aryl methyl sites for hydroxylation is 1. The molecular weight excluding hydrogens is 226 g/mol. The third-order valence-corrected chi connectivity index (χ3v) is 3.61. The summed E-state index contributed by atoms with van der Waals surface area (Å²) in [5.74, 6) is 0. The van der Waals surface area contributed by atoms with Crippen LogP contribution in [0.15, 0.2) is 18.2 Å².